The number of carbonyl (C=O) groups is 1. The van der Waals surface area contributed by atoms with Gasteiger partial charge in [-0.1, -0.05) is 57.5 Å². The summed E-state index contributed by atoms with van der Waals surface area (Å²) in [5, 5.41) is 15.2. The predicted octanol–water partition coefficient (Wildman–Crippen LogP) is 5.61. The van der Waals surface area contributed by atoms with Crippen LogP contribution in [0, 0.1) is 11.3 Å². The van der Waals surface area contributed by atoms with E-state index in [-0.39, 0.29) is 5.57 Å². The van der Waals surface area contributed by atoms with E-state index in [2.05, 4.69) is 31.4 Å². The van der Waals surface area contributed by atoms with Crippen LogP contribution in [-0.4, -0.2) is 5.91 Å². The van der Waals surface area contributed by atoms with Crippen LogP contribution in [0.4, 0.5) is 11.4 Å². The van der Waals surface area contributed by atoms with E-state index in [0.717, 1.165) is 30.5 Å². The quantitative estimate of drug-likeness (QED) is 0.474. The van der Waals surface area contributed by atoms with Gasteiger partial charge in [-0.25, -0.2) is 0 Å². The number of amides is 1. The second kappa shape index (κ2) is 10.2. The Balaban J connectivity index is 2.05. The van der Waals surface area contributed by atoms with Crippen LogP contribution in [0.25, 0.3) is 0 Å². The average molecular weight is 361 g/mol. The predicted molar refractivity (Wildman–Crippen MR) is 112 cm³/mol. The standard InChI is InChI=1S/C23H27N3O/c1-4-5-8-18-11-13-20(14-12-18)26-23(27)19(15-24)16-25-22-10-7-6-9-21(22)17(2)3/h6-7,9-14,16-17,25H,4-5,8H2,1-3H3,(H,26,27)/b19-16-. The normalized spacial score (nSPS) is 11.1. The Bertz CT molecular complexity index is 829. The average Bonchev–Trinajstić information content (AvgIpc) is 2.68. The van der Waals surface area contributed by atoms with Crippen LogP contribution in [-0.2, 0) is 11.2 Å². The molecule has 0 spiro atoms. The van der Waals surface area contributed by atoms with Gasteiger partial charge in [0.1, 0.15) is 11.6 Å². The number of unbranched alkanes of at least 4 members (excludes halogenated alkanes) is 1. The summed E-state index contributed by atoms with van der Waals surface area (Å²) in [5.41, 5.74) is 3.99. The summed E-state index contributed by atoms with van der Waals surface area (Å²) in [4.78, 5) is 12.4. The fraction of sp³-hybridized carbons (Fsp3) is 0.304. The van der Waals surface area contributed by atoms with Gasteiger partial charge in [0.05, 0.1) is 0 Å². The molecule has 1 amide bonds. The molecule has 2 N–H and O–H groups in total. The maximum atomic E-state index is 12.4. The molecule has 2 aromatic rings. The van der Waals surface area contributed by atoms with Gasteiger partial charge < -0.3 is 10.6 Å². The van der Waals surface area contributed by atoms with Crippen molar-refractivity contribution in [3.63, 3.8) is 0 Å². The molecule has 2 rings (SSSR count). The highest BCUT2D eigenvalue weighted by molar-refractivity contribution is 6.06. The molecular formula is C23H27N3O. The number of aryl methyl sites for hydroxylation is 1. The van der Waals surface area contributed by atoms with Crippen LogP contribution < -0.4 is 10.6 Å². The van der Waals surface area contributed by atoms with Crippen molar-refractivity contribution in [3.05, 3.63) is 71.4 Å². The van der Waals surface area contributed by atoms with E-state index in [9.17, 15) is 10.1 Å². The maximum Gasteiger partial charge on any atom is 0.267 e. The molecule has 4 nitrogen and oxygen atoms in total. The van der Waals surface area contributed by atoms with Crippen molar-refractivity contribution >= 4 is 17.3 Å². The van der Waals surface area contributed by atoms with Gasteiger partial charge in [0.25, 0.3) is 5.91 Å². The highest BCUT2D eigenvalue weighted by Gasteiger charge is 2.10. The zero-order chi connectivity index (χ0) is 19.6. The number of nitrogens with one attached hydrogen (secondary N) is 2. The third-order valence-corrected chi connectivity index (χ3v) is 4.35. The Labute approximate surface area is 161 Å². The molecule has 0 aliphatic heterocycles. The Hall–Kier alpha value is -3.06. The molecule has 0 radical (unpaired) electrons. The van der Waals surface area contributed by atoms with Crippen LogP contribution in [0.5, 0.6) is 0 Å². The van der Waals surface area contributed by atoms with Crippen LogP contribution in [0.3, 0.4) is 0 Å². The number of anilines is 2. The van der Waals surface area contributed by atoms with Gasteiger partial charge in [-0.2, -0.15) is 5.26 Å². The zero-order valence-electron chi connectivity index (χ0n) is 16.3. The topological polar surface area (TPSA) is 64.9 Å². The van der Waals surface area contributed by atoms with Gasteiger partial charge in [0, 0.05) is 17.6 Å². The lowest BCUT2D eigenvalue weighted by atomic mass is 10.0. The van der Waals surface area contributed by atoms with Crippen molar-refractivity contribution in [1.29, 1.82) is 5.26 Å². The summed E-state index contributed by atoms with van der Waals surface area (Å²) in [7, 11) is 0. The lowest BCUT2D eigenvalue weighted by Gasteiger charge is -2.12. The number of carbonyl (C=O) groups excluding carboxylic acids is 1. The maximum absolute atomic E-state index is 12.4. The highest BCUT2D eigenvalue weighted by atomic mass is 16.1. The molecule has 0 unspecified atom stereocenters. The number of nitrogens with zero attached hydrogens (tertiary/aromatic N) is 1. The fourth-order valence-electron chi connectivity index (χ4n) is 2.76. The van der Waals surface area contributed by atoms with E-state index >= 15 is 0 Å². The summed E-state index contributed by atoms with van der Waals surface area (Å²) in [6.07, 6.45) is 4.80. The van der Waals surface area contributed by atoms with Crippen LogP contribution in [0.15, 0.2) is 60.3 Å². The minimum Gasteiger partial charge on any atom is -0.360 e. The molecule has 4 heteroatoms. The van der Waals surface area contributed by atoms with E-state index in [4.69, 9.17) is 0 Å². The molecule has 0 heterocycles. The SMILES string of the molecule is CCCCc1ccc(NC(=O)/C(C#N)=C\Nc2ccccc2C(C)C)cc1. The number of hydrogen-bond donors (Lipinski definition) is 2. The number of rotatable bonds is 8. The highest BCUT2D eigenvalue weighted by Crippen LogP contribution is 2.23. The molecule has 140 valence electrons. The van der Waals surface area contributed by atoms with E-state index in [1.54, 1.807) is 0 Å². The van der Waals surface area contributed by atoms with Crippen molar-refractivity contribution < 1.29 is 4.79 Å². The number of benzene rings is 2. The molecule has 0 aliphatic rings. The summed E-state index contributed by atoms with van der Waals surface area (Å²) in [6, 6.07) is 17.6. The third-order valence-electron chi connectivity index (χ3n) is 4.35. The summed E-state index contributed by atoms with van der Waals surface area (Å²) in [5.74, 6) is -0.0824. The molecule has 27 heavy (non-hydrogen) atoms. The molecule has 0 aliphatic carbocycles. The molecule has 0 saturated heterocycles. The van der Waals surface area contributed by atoms with Crippen LogP contribution in [0.2, 0.25) is 0 Å². The van der Waals surface area contributed by atoms with Crippen molar-refractivity contribution in [2.24, 2.45) is 0 Å². The minimum atomic E-state index is -0.423. The van der Waals surface area contributed by atoms with Gasteiger partial charge >= 0.3 is 0 Å². The first-order valence-electron chi connectivity index (χ1n) is 9.41. The van der Waals surface area contributed by atoms with E-state index in [1.807, 2.05) is 54.6 Å². The number of para-hydroxylation sites is 1. The molecule has 0 aromatic heterocycles. The first kappa shape index (κ1) is 20.3. The third kappa shape index (κ3) is 6.00. The van der Waals surface area contributed by atoms with Crippen LogP contribution in [0.1, 0.15) is 50.7 Å². The first-order valence-corrected chi connectivity index (χ1v) is 9.41. The van der Waals surface area contributed by atoms with Crippen LogP contribution >= 0.6 is 0 Å². The van der Waals surface area contributed by atoms with E-state index < -0.39 is 5.91 Å². The number of hydrogen-bond acceptors (Lipinski definition) is 3. The van der Waals surface area contributed by atoms with Crippen molar-refractivity contribution in [1.82, 2.24) is 0 Å². The minimum absolute atomic E-state index is 0.0311. The van der Waals surface area contributed by atoms with E-state index in [0.29, 0.717) is 11.6 Å². The lowest BCUT2D eigenvalue weighted by molar-refractivity contribution is -0.112. The van der Waals surface area contributed by atoms with Crippen molar-refractivity contribution in [2.45, 2.75) is 46.0 Å². The van der Waals surface area contributed by atoms with Gasteiger partial charge in [0.2, 0.25) is 0 Å². The first-order chi connectivity index (χ1) is 13.0. The Morgan fingerprint density at radius 1 is 1.15 bits per heavy atom. The Morgan fingerprint density at radius 3 is 2.48 bits per heavy atom. The van der Waals surface area contributed by atoms with E-state index in [1.165, 1.54) is 11.8 Å². The second-order valence-corrected chi connectivity index (χ2v) is 6.81. The van der Waals surface area contributed by atoms with Crippen molar-refractivity contribution in [3.8, 4) is 6.07 Å². The second-order valence-electron chi connectivity index (χ2n) is 6.81. The molecular weight excluding hydrogens is 334 g/mol. The molecule has 2 aromatic carbocycles. The zero-order valence-corrected chi connectivity index (χ0v) is 16.3. The molecule has 0 bridgehead atoms. The van der Waals surface area contributed by atoms with Gasteiger partial charge in [-0.3, -0.25) is 4.79 Å². The Kier molecular flexibility index (Phi) is 7.63. The molecule has 0 fully saturated rings. The molecule has 0 saturated carbocycles. The largest absolute Gasteiger partial charge is 0.360 e. The lowest BCUT2D eigenvalue weighted by Crippen LogP contribution is -2.14. The number of nitriles is 1. The van der Waals surface area contributed by atoms with Gasteiger partial charge in [-0.05, 0) is 48.1 Å². The monoisotopic (exact) mass is 361 g/mol. The smallest absolute Gasteiger partial charge is 0.267 e. The van der Waals surface area contributed by atoms with Gasteiger partial charge in [-0.15, -0.1) is 0 Å². The summed E-state index contributed by atoms with van der Waals surface area (Å²) >= 11 is 0. The summed E-state index contributed by atoms with van der Waals surface area (Å²) in [6.45, 7) is 6.37. The summed E-state index contributed by atoms with van der Waals surface area (Å²) < 4.78 is 0. The van der Waals surface area contributed by atoms with Crippen molar-refractivity contribution in [2.75, 3.05) is 10.6 Å². The van der Waals surface area contributed by atoms with Gasteiger partial charge in [0.15, 0.2) is 0 Å². The molecule has 0 atom stereocenters. The fourth-order valence-corrected chi connectivity index (χ4v) is 2.76. The Morgan fingerprint density at radius 2 is 1.85 bits per heavy atom.